The standard InChI is InChI=1S/C12H8BrN3OS/c13-7-1-2-8-6(5-14-9(8)4-7)3-10-11(17)16-12(18)15-10/h1-5,17H,(H2,15,16,18)/b6-3+. The van der Waals surface area contributed by atoms with Gasteiger partial charge in [0.2, 0.25) is 5.88 Å². The van der Waals surface area contributed by atoms with E-state index in [1.165, 1.54) is 0 Å². The van der Waals surface area contributed by atoms with Gasteiger partial charge in [0.25, 0.3) is 0 Å². The highest BCUT2D eigenvalue weighted by Gasteiger charge is 2.13. The Hall–Kier alpha value is -1.66. The minimum atomic E-state index is 0.0338. The number of fused-ring (bicyclic) bond motifs is 1. The number of rotatable bonds is 1. The molecule has 6 heteroatoms. The van der Waals surface area contributed by atoms with Gasteiger partial charge in [0.15, 0.2) is 4.77 Å². The fourth-order valence-electron chi connectivity index (χ4n) is 1.83. The fraction of sp³-hybridized carbons (Fsp3) is 0. The topological polar surface area (TPSA) is 64.2 Å². The van der Waals surface area contributed by atoms with Crippen molar-refractivity contribution in [3.8, 4) is 5.88 Å². The molecular weight excluding hydrogens is 314 g/mol. The molecule has 0 bridgehead atoms. The smallest absolute Gasteiger partial charge is 0.215 e. The predicted molar refractivity (Wildman–Crippen MR) is 77.8 cm³/mol. The Balaban J connectivity index is 2.09. The minimum absolute atomic E-state index is 0.0338. The molecule has 3 N–H and O–H groups in total. The summed E-state index contributed by atoms with van der Waals surface area (Å²) in [5.74, 6) is 0.0338. The summed E-state index contributed by atoms with van der Waals surface area (Å²) in [5.41, 5.74) is 3.41. The fourth-order valence-corrected chi connectivity index (χ4v) is 2.38. The first kappa shape index (κ1) is 11.4. The minimum Gasteiger partial charge on any atom is -0.493 e. The summed E-state index contributed by atoms with van der Waals surface area (Å²) >= 11 is 8.32. The number of hydrogen-bond acceptors (Lipinski definition) is 3. The summed E-state index contributed by atoms with van der Waals surface area (Å²) in [6.07, 6.45) is 3.57. The van der Waals surface area contributed by atoms with Crippen molar-refractivity contribution in [2.24, 2.45) is 4.99 Å². The van der Waals surface area contributed by atoms with Crippen molar-refractivity contribution in [1.82, 2.24) is 9.97 Å². The molecule has 0 saturated heterocycles. The second-order valence-electron chi connectivity index (χ2n) is 3.86. The van der Waals surface area contributed by atoms with E-state index in [0.717, 1.165) is 21.3 Å². The van der Waals surface area contributed by atoms with Crippen LogP contribution in [-0.4, -0.2) is 21.3 Å². The number of aliphatic imine (C=N–C) groups is 1. The highest BCUT2D eigenvalue weighted by atomic mass is 79.9. The van der Waals surface area contributed by atoms with Crippen molar-refractivity contribution in [3.05, 3.63) is 38.7 Å². The molecule has 1 aliphatic heterocycles. The molecule has 2 heterocycles. The van der Waals surface area contributed by atoms with Crippen molar-refractivity contribution in [3.63, 3.8) is 0 Å². The van der Waals surface area contributed by atoms with E-state index in [1.807, 2.05) is 24.3 Å². The number of aromatic hydroxyl groups is 1. The van der Waals surface area contributed by atoms with E-state index in [1.54, 1.807) is 6.21 Å². The van der Waals surface area contributed by atoms with Crippen molar-refractivity contribution < 1.29 is 5.11 Å². The molecule has 0 atom stereocenters. The number of aromatic nitrogens is 2. The van der Waals surface area contributed by atoms with Gasteiger partial charge in [-0.05, 0) is 30.4 Å². The van der Waals surface area contributed by atoms with Crippen LogP contribution < -0.4 is 0 Å². The monoisotopic (exact) mass is 321 g/mol. The molecule has 90 valence electrons. The van der Waals surface area contributed by atoms with Crippen LogP contribution in [0.1, 0.15) is 11.3 Å². The van der Waals surface area contributed by atoms with Crippen LogP contribution in [0.2, 0.25) is 0 Å². The van der Waals surface area contributed by atoms with Gasteiger partial charge >= 0.3 is 0 Å². The summed E-state index contributed by atoms with van der Waals surface area (Å²) in [7, 11) is 0. The number of imidazole rings is 1. The number of hydrogen-bond donors (Lipinski definition) is 3. The van der Waals surface area contributed by atoms with Gasteiger partial charge in [0.05, 0.1) is 5.69 Å². The molecule has 0 fully saturated rings. The van der Waals surface area contributed by atoms with Crippen LogP contribution in [0.5, 0.6) is 5.88 Å². The van der Waals surface area contributed by atoms with Gasteiger partial charge in [0, 0.05) is 21.8 Å². The first-order valence-corrected chi connectivity index (χ1v) is 6.40. The van der Waals surface area contributed by atoms with Crippen molar-refractivity contribution >= 4 is 51.7 Å². The van der Waals surface area contributed by atoms with Crippen LogP contribution >= 0.6 is 28.1 Å². The predicted octanol–water partition coefficient (Wildman–Crippen LogP) is 3.80. The van der Waals surface area contributed by atoms with Crippen LogP contribution in [0.3, 0.4) is 0 Å². The largest absolute Gasteiger partial charge is 0.493 e. The number of nitrogens with one attached hydrogen (secondary N) is 2. The van der Waals surface area contributed by atoms with Gasteiger partial charge in [-0.3, -0.25) is 4.99 Å². The molecule has 0 radical (unpaired) electrons. The zero-order valence-electron chi connectivity index (χ0n) is 9.07. The Morgan fingerprint density at radius 2 is 2.17 bits per heavy atom. The van der Waals surface area contributed by atoms with Crippen molar-refractivity contribution in [1.29, 1.82) is 0 Å². The Labute approximate surface area is 116 Å². The number of nitrogens with zero attached hydrogens (tertiary/aromatic N) is 1. The molecule has 0 aliphatic carbocycles. The molecular formula is C12H8BrN3OS. The van der Waals surface area contributed by atoms with Gasteiger partial charge in [-0.1, -0.05) is 22.0 Å². The zero-order valence-corrected chi connectivity index (χ0v) is 11.5. The quantitative estimate of drug-likeness (QED) is 0.699. The Kier molecular flexibility index (Phi) is 2.68. The van der Waals surface area contributed by atoms with Crippen LogP contribution in [0.4, 0.5) is 5.69 Å². The number of aromatic amines is 2. The van der Waals surface area contributed by atoms with E-state index < -0.39 is 0 Å². The van der Waals surface area contributed by atoms with Crippen molar-refractivity contribution in [2.75, 3.05) is 0 Å². The Morgan fingerprint density at radius 3 is 2.89 bits per heavy atom. The Bertz CT molecular complexity index is 742. The van der Waals surface area contributed by atoms with Gasteiger partial charge in [0.1, 0.15) is 5.69 Å². The number of halogens is 1. The first-order chi connectivity index (χ1) is 8.63. The lowest BCUT2D eigenvalue weighted by molar-refractivity contribution is 0.455. The molecule has 1 aliphatic rings. The van der Waals surface area contributed by atoms with E-state index in [4.69, 9.17) is 12.2 Å². The highest BCUT2D eigenvalue weighted by molar-refractivity contribution is 9.10. The van der Waals surface area contributed by atoms with Crippen molar-refractivity contribution in [2.45, 2.75) is 0 Å². The van der Waals surface area contributed by atoms with Crippen LogP contribution in [0.15, 0.2) is 27.7 Å². The van der Waals surface area contributed by atoms with Crippen LogP contribution in [0, 0.1) is 4.77 Å². The number of allylic oxidation sites excluding steroid dienone is 1. The van der Waals surface area contributed by atoms with Gasteiger partial charge in [-0.15, -0.1) is 0 Å². The third-order valence-electron chi connectivity index (χ3n) is 2.65. The Morgan fingerprint density at radius 1 is 1.33 bits per heavy atom. The zero-order chi connectivity index (χ0) is 12.7. The summed E-state index contributed by atoms with van der Waals surface area (Å²) in [6.45, 7) is 0. The summed E-state index contributed by atoms with van der Waals surface area (Å²) in [4.78, 5) is 9.83. The summed E-state index contributed by atoms with van der Waals surface area (Å²) < 4.78 is 1.38. The molecule has 4 nitrogen and oxygen atoms in total. The molecule has 18 heavy (non-hydrogen) atoms. The maximum atomic E-state index is 9.63. The third kappa shape index (κ3) is 1.93. The van der Waals surface area contributed by atoms with E-state index in [2.05, 4.69) is 30.9 Å². The molecule has 2 aromatic rings. The third-order valence-corrected chi connectivity index (χ3v) is 3.35. The van der Waals surface area contributed by atoms with Crippen LogP contribution in [-0.2, 0) is 0 Å². The lowest BCUT2D eigenvalue weighted by Gasteiger charge is -1.99. The highest BCUT2D eigenvalue weighted by Crippen LogP contribution is 2.35. The summed E-state index contributed by atoms with van der Waals surface area (Å²) in [5, 5.41) is 9.63. The molecule has 3 rings (SSSR count). The average Bonchev–Trinajstić information content (AvgIpc) is 2.84. The molecule has 0 amide bonds. The number of H-pyrrole nitrogens is 2. The SMILES string of the molecule is Oc1[nH]c(=S)[nH]c1/C=C1\C=Nc2cc(Br)ccc21. The molecule has 0 unspecified atom stereocenters. The van der Waals surface area contributed by atoms with Gasteiger partial charge in [-0.25, -0.2) is 0 Å². The number of benzene rings is 1. The van der Waals surface area contributed by atoms with E-state index >= 15 is 0 Å². The second kappa shape index (κ2) is 4.22. The first-order valence-electron chi connectivity index (χ1n) is 5.20. The maximum Gasteiger partial charge on any atom is 0.215 e. The molecule has 0 saturated carbocycles. The average molecular weight is 322 g/mol. The van der Waals surface area contributed by atoms with Crippen LogP contribution in [0.25, 0.3) is 11.6 Å². The van der Waals surface area contributed by atoms with E-state index in [9.17, 15) is 5.11 Å². The molecule has 0 spiro atoms. The lowest BCUT2D eigenvalue weighted by Crippen LogP contribution is -1.81. The normalized spacial score (nSPS) is 15.3. The molecule has 1 aromatic carbocycles. The maximum absolute atomic E-state index is 9.63. The van der Waals surface area contributed by atoms with Gasteiger partial charge < -0.3 is 15.1 Å². The van der Waals surface area contributed by atoms with E-state index in [-0.39, 0.29) is 5.88 Å². The van der Waals surface area contributed by atoms with Gasteiger partial charge in [-0.2, -0.15) is 0 Å². The molecule has 1 aromatic heterocycles. The van der Waals surface area contributed by atoms with E-state index in [0.29, 0.717) is 10.5 Å². The lowest BCUT2D eigenvalue weighted by atomic mass is 10.1. The summed E-state index contributed by atoms with van der Waals surface area (Å²) in [6, 6.07) is 5.89. The second-order valence-corrected chi connectivity index (χ2v) is 5.18.